The standard InChI is InChI=1S/C28H26N2O9/c1-39-11-20(33)30-15-4-2-12(3-5-15)16-6-7-18(31)22-17(16)9-13-8-14-10-19(32)23(27(29)37)26(36)28(14,38)25(35)21(13)24(22)34/h2-7,13-14,31,34,36,38H,8-11H2,1H3,(H2,29,37)(H,30,33)/t13-,14+,28+/m1/s1. The van der Waals surface area contributed by atoms with Crippen LogP contribution < -0.4 is 11.1 Å². The van der Waals surface area contributed by atoms with Gasteiger partial charge in [0.1, 0.15) is 29.4 Å². The molecule has 0 aliphatic heterocycles. The summed E-state index contributed by atoms with van der Waals surface area (Å²) in [6, 6.07) is 9.93. The minimum absolute atomic E-state index is 0.0112. The Hall–Kier alpha value is -4.48. The summed E-state index contributed by atoms with van der Waals surface area (Å²) in [6.45, 7) is -0.0968. The highest BCUT2D eigenvalue weighted by Crippen LogP contribution is 2.53. The molecule has 3 aliphatic carbocycles. The predicted molar refractivity (Wildman–Crippen MR) is 137 cm³/mol. The van der Waals surface area contributed by atoms with Gasteiger partial charge in [-0.2, -0.15) is 0 Å². The lowest BCUT2D eigenvalue weighted by atomic mass is 9.59. The Balaban J connectivity index is 1.58. The normalized spacial score (nSPS) is 24.2. The molecule has 0 unspecified atom stereocenters. The van der Waals surface area contributed by atoms with Crippen LogP contribution in [0.4, 0.5) is 5.69 Å². The number of fused-ring (bicyclic) bond motifs is 3. The molecule has 5 rings (SSSR count). The molecule has 2 aromatic rings. The third-order valence-electron chi connectivity index (χ3n) is 7.70. The number of ether oxygens (including phenoxy) is 1. The van der Waals surface area contributed by atoms with Crippen LogP contribution in [0.1, 0.15) is 24.0 Å². The van der Waals surface area contributed by atoms with Gasteiger partial charge in [-0.15, -0.1) is 0 Å². The zero-order valence-electron chi connectivity index (χ0n) is 20.9. The summed E-state index contributed by atoms with van der Waals surface area (Å²) >= 11 is 0. The van der Waals surface area contributed by atoms with Gasteiger partial charge in [-0.3, -0.25) is 19.2 Å². The van der Waals surface area contributed by atoms with Gasteiger partial charge in [0.05, 0.1) is 5.56 Å². The minimum atomic E-state index is -2.61. The van der Waals surface area contributed by atoms with Crippen LogP contribution in [0.3, 0.4) is 0 Å². The molecule has 39 heavy (non-hydrogen) atoms. The van der Waals surface area contributed by atoms with Crippen molar-refractivity contribution in [1.29, 1.82) is 0 Å². The number of carbonyl (C=O) groups excluding carboxylic acids is 4. The lowest BCUT2D eigenvalue weighted by Crippen LogP contribution is -2.58. The first-order valence-corrected chi connectivity index (χ1v) is 12.2. The maximum Gasteiger partial charge on any atom is 0.255 e. The predicted octanol–water partition coefficient (Wildman–Crippen LogP) is 1.68. The Morgan fingerprint density at radius 1 is 1.08 bits per heavy atom. The minimum Gasteiger partial charge on any atom is -0.508 e. The van der Waals surface area contributed by atoms with E-state index in [1.54, 1.807) is 30.3 Å². The number of nitrogens with two attached hydrogens (primary N) is 1. The van der Waals surface area contributed by atoms with E-state index in [0.717, 1.165) is 0 Å². The summed E-state index contributed by atoms with van der Waals surface area (Å²) in [7, 11) is 1.41. The molecule has 11 nitrogen and oxygen atoms in total. The number of phenolic OH excluding ortho intramolecular Hbond substituents is 1. The van der Waals surface area contributed by atoms with Crippen molar-refractivity contribution in [3.63, 3.8) is 0 Å². The van der Waals surface area contributed by atoms with E-state index in [-0.39, 0.29) is 48.7 Å². The Kier molecular flexibility index (Phi) is 6.28. The van der Waals surface area contributed by atoms with Crippen molar-refractivity contribution in [3.05, 3.63) is 64.4 Å². The third kappa shape index (κ3) is 3.98. The highest BCUT2D eigenvalue weighted by Gasteiger charge is 2.60. The van der Waals surface area contributed by atoms with E-state index in [4.69, 9.17) is 10.5 Å². The third-order valence-corrected chi connectivity index (χ3v) is 7.70. The summed E-state index contributed by atoms with van der Waals surface area (Å²) in [5.41, 5.74) is 4.06. The van der Waals surface area contributed by atoms with Crippen molar-refractivity contribution in [1.82, 2.24) is 0 Å². The lowest BCUT2D eigenvalue weighted by Gasteiger charge is -2.46. The fourth-order valence-corrected chi connectivity index (χ4v) is 5.95. The van der Waals surface area contributed by atoms with Crippen molar-refractivity contribution < 1.29 is 44.3 Å². The van der Waals surface area contributed by atoms with Crippen molar-refractivity contribution in [2.24, 2.45) is 17.6 Å². The first-order valence-electron chi connectivity index (χ1n) is 12.2. The van der Waals surface area contributed by atoms with Gasteiger partial charge in [0.2, 0.25) is 11.7 Å². The van der Waals surface area contributed by atoms with E-state index in [1.165, 1.54) is 13.2 Å². The molecule has 2 aromatic carbocycles. The molecule has 202 valence electrons. The summed E-state index contributed by atoms with van der Waals surface area (Å²) in [6.07, 6.45) is -0.155. The second kappa shape index (κ2) is 9.37. The topological polar surface area (TPSA) is 196 Å². The number of methoxy groups -OCH3 is 1. The SMILES string of the molecule is COCC(=O)Nc1ccc(-c2ccc(O)c3c2C[C@H]2C[C@H]4CC(=O)C(C(N)=O)=C(O)[C@@]4(O)C(=O)C2=C3O)cc1. The summed E-state index contributed by atoms with van der Waals surface area (Å²) in [5, 5.41) is 46.6. The first-order chi connectivity index (χ1) is 18.5. The van der Waals surface area contributed by atoms with Gasteiger partial charge in [0.25, 0.3) is 5.91 Å². The largest absolute Gasteiger partial charge is 0.508 e. The number of rotatable bonds is 5. The molecule has 2 amide bonds. The first kappa shape index (κ1) is 26.1. The number of ketones is 2. The van der Waals surface area contributed by atoms with Crippen LogP contribution in [0.5, 0.6) is 5.75 Å². The fourth-order valence-electron chi connectivity index (χ4n) is 5.95. The van der Waals surface area contributed by atoms with Crippen LogP contribution in [0, 0.1) is 11.8 Å². The van der Waals surface area contributed by atoms with Gasteiger partial charge in [-0.25, -0.2) is 0 Å². The number of carbonyl (C=O) groups is 4. The number of aliphatic hydroxyl groups is 3. The fraction of sp³-hybridized carbons (Fsp3) is 0.286. The van der Waals surface area contributed by atoms with E-state index in [1.807, 2.05) is 0 Å². The molecular weight excluding hydrogens is 508 g/mol. The van der Waals surface area contributed by atoms with E-state index >= 15 is 0 Å². The Morgan fingerprint density at radius 2 is 1.77 bits per heavy atom. The van der Waals surface area contributed by atoms with Crippen molar-refractivity contribution >= 4 is 34.8 Å². The van der Waals surface area contributed by atoms with E-state index in [9.17, 15) is 39.6 Å². The molecule has 0 saturated heterocycles. The van der Waals surface area contributed by atoms with Gasteiger partial charge in [0.15, 0.2) is 11.4 Å². The average molecular weight is 535 g/mol. The molecule has 0 heterocycles. The molecule has 3 aliphatic rings. The van der Waals surface area contributed by atoms with Crippen LogP contribution in [0.15, 0.2) is 53.3 Å². The molecule has 11 heteroatoms. The number of phenols is 1. The number of aliphatic hydroxyl groups excluding tert-OH is 2. The molecule has 0 bridgehead atoms. The molecule has 0 spiro atoms. The molecule has 7 N–H and O–H groups in total. The number of aromatic hydroxyl groups is 1. The van der Waals surface area contributed by atoms with E-state index < -0.39 is 52.0 Å². The Bertz CT molecular complexity index is 1510. The zero-order valence-corrected chi connectivity index (χ0v) is 20.9. The van der Waals surface area contributed by atoms with Gasteiger partial charge in [0, 0.05) is 30.7 Å². The van der Waals surface area contributed by atoms with Crippen molar-refractivity contribution in [2.75, 3.05) is 19.0 Å². The molecule has 0 radical (unpaired) electrons. The number of nitrogens with one attached hydrogen (secondary N) is 1. The molecule has 1 fully saturated rings. The molecule has 0 aromatic heterocycles. The number of primary amides is 1. The van der Waals surface area contributed by atoms with Crippen molar-refractivity contribution in [2.45, 2.75) is 24.9 Å². The number of amides is 2. The zero-order chi connectivity index (χ0) is 28.2. The Morgan fingerprint density at radius 3 is 2.41 bits per heavy atom. The number of benzene rings is 2. The van der Waals surface area contributed by atoms with Gasteiger partial charge in [-0.1, -0.05) is 18.2 Å². The van der Waals surface area contributed by atoms with Crippen LogP contribution >= 0.6 is 0 Å². The maximum atomic E-state index is 13.6. The second-order valence-corrected chi connectivity index (χ2v) is 9.95. The average Bonchev–Trinajstić information content (AvgIpc) is 2.87. The number of hydrogen-bond acceptors (Lipinski definition) is 9. The highest BCUT2D eigenvalue weighted by molar-refractivity contribution is 6.22. The summed E-state index contributed by atoms with van der Waals surface area (Å²) < 4.78 is 4.81. The smallest absolute Gasteiger partial charge is 0.255 e. The highest BCUT2D eigenvalue weighted by atomic mass is 16.5. The quantitative estimate of drug-likeness (QED) is 0.309. The lowest BCUT2D eigenvalue weighted by molar-refractivity contribution is -0.147. The molecule has 3 atom stereocenters. The monoisotopic (exact) mass is 534 g/mol. The number of anilines is 1. The van der Waals surface area contributed by atoms with Crippen molar-refractivity contribution in [3.8, 4) is 16.9 Å². The number of hydrogen-bond donors (Lipinski definition) is 6. The van der Waals surface area contributed by atoms with E-state index in [2.05, 4.69) is 5.32 Å². The molecular formula is C28H26N2O9. The maximum absolute atomic E-state index is 13.6. The van der Waals surface area contributed by atoms with Crippen LogP contribution in [-0.2, 0) is 30.3 Å². The van der Waals surface area contributed by atoms with Gasteiger partial charge >= 0.3 is 0 Å². The van der Waals surface area contributed by atoms with Gasteiger partial charge in [-0.05, 0) is 53.6 Å². The number of Topliss-reactive ketones (excluding diaryl/α,β-unsaturated/α-hetero) is 2. The summed E-state index contributed by atoms with van der Waals surface area (Å²) in [5.74, 6) is -7.03. The molecule has 1 saturated carbocycles. The van der Waals surface area contributed by atoms with Crippen LogP contribution in [0.25, 0.3) is 16.9 Å². The van der Waals surface area contributed by atoms with Gasteiger partial charge < -0.3 is 36.2 Å². The Labute approximate surface area is 222 Å². The van der Waals surface area contributed by atoms with Crippen LogP contribution in [-0.4, -0.2) is 63.1 Å². The van der Waals surface area contributed by atoms with E-state index in [0.29, 0.717) is 22.4 Å². The van der Waals surface area contributed by atoms with Crippen LogP contribution in [0.2, 0.25) is 0 Å². The second-order valence-electron chi connectivity index (χ2n) is 9.95. The summed E-state index contributed by atoms with van der Waals surface area (Å²) in [4.78, 5) is 49.7.